The highest BCUT2D eigenvalue weighted by Gasteiger charge is 2.28. The molecule has 1 fully saturated rings. The molecule has 0 radical (unpaired) electrons. The van der Waals surface area contributed by atoms with Gasteiger partial charge in [-0.1, -0.05) is 30.3 Å². The molecule has 0 aliphatic heterocycles. The van der Waals surface area contributed by atoms with Crippen molar-refractivity contribution in [2.75, 3.05) is 13.7 Å². The van der Waals surface area contributed by atoms with Crippen LogP contribution in [0, 0.1) is 0 Å². The van der Waals surface area contributed by atoms with E-state index >= 15 is 0 Å². The minimum atomic E-state index is -3.64. The third-order valence-electron chi connectivity index (χ3n) is 4.78. The lowest BCUT2D eigenvalue weighted by Gasteiger charge is -2.19. The first-order valence-electron chi connectivity index (χ1n) is 8.80. The Morgan fingerprint density at radius 1 is 1.15 bits per heavy atom. The summed E-state index contributed by atoms with van der Waals surface area (Å²) in [6, 6.07) is 12.6. The van der Waals surface area contributed by atoms with Crippen LogP contribution >= 0.6 is 0 Å². The first-order valence-corrected chi connectivity index (χ1v) is 10.3. The van der Waals surface area contributed by atoms with Gasteiger partial charge in [0.25, 0.3) is 0 Å². The Labute approximate surface area is 154 Å². The van der Waals surface area contributed by atoms with Crippen molar-refractivity contribution in [3.05, 3.63) is 42.5 Å². The smallest absolute Gasteiger partial charge is 0.240 e. The summed E-state index contributed by atoms with van der Waals surface area (Å²) < 4.78 is 32.7. The summed E-state index contributed by atoms with van der Waals surface area (Å²) in [6.07, 6.45) is 3.01. The molecule has 1 amide bonds. The lowest BCUT2D eigenvalue weighted by molar-refractivity contribution is -0.122. The molecular weight excluding hydrogens is 352 g/mol. The Kier molecular flexibility index (Phi) is 5.90. The molecule has 1 aliphatic carbocycles. The van der Waals surface area contributed by atoms with Crippen LogP contribution in [-0.2, 0) is 19.6 Å². The second-order valence-corrected chi connectivity index (χ2v) is 8.30. The largest absolute Gasteiger partial charge is 0.379 e. The third kappa shape index (κ3) is 4.41. The van der Waals surface area contributed by atoms with Gasteiger partial charge in [0.15, 0.2) is 0 Å². The zero-order valence-electron chi connectivity index (χ0n) is 14.8. The van der Waals surface area contributed by atoms with E-state index in [0.717, 1.165) is 30.0 Å². The second-order valence-electron chi connectivity index (χ2n) is 6.54. The minimum absolute atomic E-state index is 0.0181. The zero-order valence-corrected chi connectivity index (χ0v) is 15.6. The van der Waals surface area contributed by atoms with Crippen LogP contribution in [0.5, 0.6) is 0 Å². The number of sulfonamides is 1. The average molecular weight is 376 g/mol. The van der Waals surface area contributed by atoms with Crippen LogP contribution in [0.2, 0.25) is 0 Å². The Bertz CT molecular complexity index is 882. The first kappa shape index (κ1) is 18.8. The van der Waals surface area contributed by atoms with Crippen LogP contribution < -0.4 is 10.0 Å². The van der Waals surface area contributed by atoms with E-state index in [2.05, 4.69) is 10.0 Å². The molecule has 0 unspecified atom stereocenters. The van der Waals surface area contributed by atoms with Gasteiger partial charge in [0.2, 0.25) is 15.9 Å². The summed E-state index contributed by atoms with van der Waals surface area (Å²) in [5.41, 5.74) is 0. The number of hydrogen-bond acceptors (Lipinski definition) is 4. The van der Waals surface area contributed by atoms with Gasteiger partial charge in [-0.15, -0.1) is 0 Å². The van der Waals surface area contributed by atoms with E-state index in [-0.39, 0.29) is 35.9 Å². The Morgan fingerprint density at radius 2 is 1.92 bits per heavy atom. The van der Waals surface area contributed by atoms with E-state index in [4.69, 9.17) is 4.74 Å². The van der Waals surface area contributed by atoms with Gasteiger partial charge in [-0.2, -0.15) is 0 Å². The van der Waals surface area contributed by atoms with E-state index in [9.17, 15) is 13.2 Å². The maximum absolute atomic E-state index is 12.4. The summed E-state index contributed by atoms with van der Waals surface area (Å²) in [5, 5.41) is 4.77. The molecule has 2 aromatic carbocycles. The summed E-state index contributed by atoms with van der Waals surface area (Å²) in [7, 11) is -2.00. The topological polar surface area (TPSA) is 84.5 Å². The molecule has 1 aliphatic rings. The molecule has 7 heteroatoms. The fourth-order valence-electron chi connectivity index (χ4n) is 3.37. The van der Waals surface area contributed by atoms with E-state index in [1.807, 2.05) is 24.3 Å². The Hall–Kier alpha value is -1.96. The molecule has 0 heterocycles. The highest BCUT2D eigenvalue weighted by Crippen LogP contribution is 2.21. The van der Waals surface area contributed by atoms with Gasteiger partial charge in [-0.05, 0) is 42.2 Å². The van der Waals surface area contributed by atoms with Crippen LogP contribution in [0.4, 0.5) is 0 Å². The van der Waals surface area contributed by atoms with Crippen molar-refractivity contribution in [3.63, 3.8) is 0 Å². The number of carbonyl (C=O) groups excluding carboxylic acids is 1. The van der Waals surface area contributed by atoms with Crippen molar-refractivity contribution in [1.82, 2.24) is 10.0 Å². The number of fused-ring (bicyclic) bond motifs is 1. The van der Waals surface area contributed by atoms with Crippen molar-refractivity contribution in [2.24, 2.45) is 0 Å². The van der Waals surface area contributed by atoms with Crippen LogP contribution in [0.15, 0.2) is 47.4 Å². The number of amides is 1. The monoisotopic (exact) mass is 376 g/mol. The molecule has 2 aromatic rings. The molecule has 6 nitrogen and oxygen atoms in total. The van der Waals surface area contributed by atoms with E-state index in [0.29, 0.717) is 0 Å². The van der Waals surface area contributed by atoms with Crippen molar-refractivity contribution < 1.29 is 17.9 Å². The number of ether oxygens (including phenoxy) is 1. The molecule has 26 heavy (non-hydrogen) atoms. The van der Waals surface area contributed by atoms with E-state index in [1.54, 1.807) is 25.3 Å². The van der Waals surface area contributed by atoms with Crippen molar-refractivity contribution in [2.45, 2.75) is 42.7 Å². The maximum atomic E-state index is 12.4. The molecule has 0 bridgehead atoms. The van der Waals surface area contributed by atoms with E-state index < -0.39 is 10.0 Å². The lowest BCUT2D eigenvalue weighted by Crippen LogP contribution is -2.41. The van der Waals surface area contributed by atoms with Gasteiger partial charge < -0.3 is 10.1 Å². The zero-order chi connectivity index (χ0) is 18.6. The second kappa shape index (κ2) is 8.16. The Morgan fingerprint density at radius 3 is 2.69 bits per heavy atom. The number of benzene rings is 2. The highest BCUT2D eigenvalue weighted by molar-refractivity contribution is 7.89. The molecular formula is C19H24N2O4S. The number of methoxy groups -OCH3 is 1. The number of nitrogens with one attached hydrogen (secondary N) is 2. The van der Waals surface area contributed by atoms with Gasteiger partial charge in [0.05, 0.1) is 17.0 Å². The normalized spacial score (nSPS) is 20.3. The summed E-state index contributed by atoms with van der Waals surface area (Å²) in [6.45, 7) is 0.0609. The molecule has 2 atom stereocenters. The maximum Gasteiger partial charge on any atom is 0.240 e. The van der Waals surface area contributed by atoms with Crippen LogP contribution in [0.3, 0.4) is 0 Å². The SMILES string of the molecule is CO[C@@H]1CCC[C@H]1NC(=O)CCNS(=O)(=O)c1ccc2ccccc2c1. The number of rotatable bonds is 7. The standard InChI is InChI=1S/C19H24N2O4S/c1-25-18-8-4-7-17(18)21-19(22)11-12-20-26(23,24)16-10-9-14-5-2-3-6-15(14)13-16/h2-3,5-6,9-10,13,17-18,20H,4,7-8,11-12H2,1H3,(H,21,22)/t17-,18-/m1/s1. The van der Waals surface area contributed by atoms with Gasteiger partial charge in [0.1, 0.15) is 0 Å². The molecule has 0 saturated heterocycles. The quantitative estimate of drug-likeness (QED) is 0.776. The molecule has 140 valence electrons. The Balaban J connectivity index is 1.55. The van der Waals surface area contributed by atoms with Gasteiger partial charge in [-0.25, -0.2) is 13.1 Å². The number of hydrogen-bond donors (Lipinski definition) is 2. The summed E-state index contributed by atoms with van der Waals surface area (Å²) in [4.78, 5) is 12.3. The number of carbonyl (C=O) groups is 1. The van der Waals surface area contributed by atoms with Gasteiger partial charge in [-0.3, -0.25) is 4.79 Å². The van der Waals surface area contributed by atoms with Crippen molar-refractivity contribution in [3.8, 4) is 0 Å². The van der Waals surface area contributed by atoms with Crippen LogP contribution in [0.25, 0.3) is 10.8 Å². The first-order chi connectivity index (χ1) is 12.5. The predicted molar refractivity (Wildman–Crippen MR) is 100 cm³/mol. The predicted octanol–water partition coefficient (Wildman–Crippen LogP) is 2.19. The third-order valence-corrected chi connectivity index (χ3v) is 6.24. The highest BCUT2D eigenvalue weighted by atomic mass is 32.2. The molecule has 1 saturated carbocycles. The van der Waals surface area contributed by atoms with Crippen molar-refractivity contribution in [1.29, 1.82) is 0 Å². The summed E-state index contributed by atoms with van der Waals surface area (Å²) >= 11 is 0. The lowest BCUT2D eigenvalue weighted by atomic mass is 10.1. The minimum Gasteiger partial charge on any atom is -0.379 e. The fraction of sp³-hybridized carbons (Fsp3) is 0.421. The van der Waals surface area contributed by atoms with Crippen molar-refractivity contribution >= 4 is 26.7 Å². The van der Waals surface area contributed by atoms with Crippen LogP contribution in [0.1, 0.15) is 25.7 Å². The average Bonchev–Trinajstić information content (AvgIpc) is 3.08. The van der Waals surface area contributed by atoms with Gasteiger partial charge >= 0.3 is 0 Å². The van der Waals surface area contributed by atoms with Gasteiger partial charge in [0, 0.05) is 20.1 Å². The van der Waals surface area contributed by atoms with E-state index in [1.165, 1.54) is 0 Å². The summed E-state index contributed by atoms with van der Waals surface area (Å²) in [5.74, 6) is -0.167. The molecule has 0 aromatic heterocycles. The molecule has 3 rings (SSSR count). The fourth-order valence-corrected chi connectivity index (χ4v) is 4.44. The molecule has 2 N–H and O–H groups in total. The molecule has 0 spiro atoms. The van der Waals surface area contributed by atoms with Crippen LogP contribution in [-0.4, -0.2) is 40.1 Å².